The summed E-state index contributed by atoms with van der Waals surface area (Å²) in [5.74, 6) is -2.52. The summed E-state index contributed by atoms with van der Waals surface area (Å²) in [4.78, 5) is 43.0. The van der Waals surface area contributed by atoms with E-state index in [1.54, 1.807) is 6.07 Å². The molecule has 10 nitrogen and oxygen atoms in total. The van der Waals surface area contributed by atoms with Gasteiger partial charge in [0.1, 0.15) is 11.8 Å². The standard InChI is InChI=1S/C31H36F2N4O6/c1-42-17-25-27(29(39)43-2)28(19-9-12-23(32)24(33)15-19)37(31(41)35-25)30(40)34-20-13-14-36(16-20)21-10-7-18(8-11-21)22-5-3-4-6-26(22)38/h3-6,9,12,15,18,20-21,28,38H,7-8,10-11,13-14,16-17H2,1-2H3,(H,34,40)(H,35,41)/t18?,20?,21?,28-/m0/s1. The summed E-state index contributed by atoms with van der Waals surface area (Å²) in [6, 6.07) is 7.47. The van der Waals surface area contributed by atoms with Crippen LogP contribution in [0.3, 0.4) is 0 Å². The first-order valence-electron chi connectivity index (χ1n) is 14.4. The smallest absolute Gasteiger partial charge is 0.338 e. The van der Waals surface area contributed by atoms with Gasteiger partial charge in [0.2, 0.25) is 0 Å². The molecule has 2 aromatic carbocycles. The van der Waals surface area contributed by atoms with Gasteiger partial charge in [0, 0.05) is 32.3 Å². The molecule has 0 radical (unpaired) electrons. The third kappa shape index (κ3) is 6.35. The van der Waals surface area contributed by atoms with Gasteiger partial charge in [-0.15, -0.1) is 0 Å². The minimum absolute atomic E-state index is 0.0205. The first-order chi connectivity index (χ1) is 20.7. The van der Waals surface area contributed by atoms with Crippen LogP contribution in [0.1, 0.15) is 55.2 Å². The van der Waals surface area contributed by atoms with Crippen LogP contribution in [0, 0.1) is 11.6 Å². The Hall–Kier alpha value is -4.03. The highest BCUT2D eigenvalue weighted by molar-refractivity contribution is 6.01. The molecule has 5 rings (SSSR count). The number of rotatable bonds is 7. The van der Waals surface area contributed by atoms with Crippen molar-refractivity contribution >= 4 is 18.0 Å². The number of phenols is 1. The maximum atomic E-state index is 14.3. The summed E-state index contributed by atoms with van der Waals surface area (Å²) in [6.07, 6.45) is 4.48. The zero-order valence-corrected chi connectivity index (χ0v) is 24.1. The van der Waals surface area contributed by atoms with Gasteiger partial charge in [0.25, 0.3) is 0 Å². The number of para-hydroxylation sites is 1. The summed E-state index contributed by atoms with van der Waals surface area (Å²) in [6.45, 7) is 1.16. The van der Waals surface area contributed by atoms with Gasteiger partial charge < -0.3 is 25.2 Å². The molecule has 1 saturated carbocycles. The molecule has 0 spiro atoms. The number of likely N-dealkylation sites (tertiary alicyclic amines) is 1. The van der Waals surface area contributed by atoms with E-state index in [1.807, 2.05) is 18.2 Å². The third-order valence-corrected chi connectivity index (χ3v) is 8.64. The molecule has 3 aliphatic rings. The number of hydrogen-bond donors (Lipinski definition) is 3. The number of aromatic hydroxyl groups is 1. The Morgan fingerprint density at radius 3 is 2.47 bits per heavy atom. The summed E-state index contributed by atoms with van der Waals surface area (Å²) in [5.41, 5.74) is 0.938. The number of carbonyl (C=O) groups excluding carboxylic acids is 3. The Bertz CT molecular complexity index is 1410. The molecular weight excluding hydrogens is 562 g/mol. The molecule has 2 aliphatic heterocycles. The lowest BCUT2D eigenvalue weighted by Gasteiger charge is -2.37. The quantitative estimate of drug-likeness (QED) is 0.406. The van der Waals surface area contributed by atoms with E-state index in [0.29, 0.717) is 30.7 Å². The summed E-state index contributed by atoms with van der Waals surface area (Å²) >= 11 is 0. The predicted octanol–water partition coefficient (Wildman–Crippen LogP) is 4.32. The van der Waals surface area contributed by atoms with E-state index in [2.05, 4.69) is 15.5 Å². The van der Waals surface area contributed by atoms with Crippen LogP contribution in [0.15, 0.2) is 53.7 Å². The molecule has 12 heteroatoms. The van der Waals surface area contributed by atoms with Gasteiger partial charge in [0.05, 0.1) is 25.0 Å². The Labute approximate surface area is 248 Å². The van der Waals surface area contributed by atoms with Crippen LogP contribution < -0.4 is 10.6 Å². The molecule has 2 fully saturated rings. The van der Waals surface area contributed by atoms with Crippen molar-refractivity contribution in [1.29, 1.82) is 0 Å². The number of ether oxygens (including phenoxy) is 2. The van der Waals surface area contributed by atoms with Crippen LogP contribution in [-0.4, -0.2) is 78.9 Å². The normalized spacial score (nSPS) is 24.6. The number of imide groups is 1. The highest BCUT2D eigenvalue weighted by atomic mass is 19.2. The number of carbonyl (C=O) groups is 3. The number of urea groups is 2. The van der Waals surface area contributed by atoms with Crippen LogP contribution >= 0.6 is 0 Å². The average Bonchev–Trinajstić information content (AvgIpc) is 3.46. The predicted molar refractivity (Wildman–Crippen MR) is 152 cm³/mol. The van der Waals surface area contributed by atoms with E-state index in [0.717, 1.165) is 61.9 Å². The number of phenolic OH excluding ortho intramolecular Hbond substituents is 1. The van der Waals surface area contributed by atoms with E-state index in [-0.39, 0.29) is 29.5 Å². The largest absolute Gasteiger partial charge is 0.508 e. The molecule has 2 heterocycles. The fourth-order valence-corrected chi connectivity index (χ4v) is 6.54. The lowest BCUT2D eigenvalue weighted by molar-refractivity contribution is -0.137. The number of benzene rings is 2. The molecular formula is C31H36F2N4O6. The van der Waals surface area contributed by atoms with Gasteiger partial charge in [-0.2, -0.15) is 0 Å². The number of hydrogen-bond acceptors (Lipinski definition) is 7. The fraction of sp³-hybridized carbons (Fsp3) is 0.452. The van der Waals surface area contributed by atoms with Crippen molar-refractivity contribution in [3.63, 3.8) is 0 Å². The number of amides is 4. The Kier molecular flexibility index (Phi) is 9.26. The molecule has 43 heavy (non-hydrogen) atoms. The maximum absolute atomic E-state index is 14.3. The van der Waals surface area contributed by atoms with Gasteiger partial charge >= 0.3 is 18.0 Å². The number of halogens is 2. The first kappa shape index (κ1) is 30.4. The van der Waals surface area contributed by atoms with Gasteiger partial charge in [0.15, 0.2) is 11.6 Å². The van der Waals surface area contributed by atoms with Crippen molar-refractivity contribution in [2.75, 3.05) is 33.9 Å². The minimum atomic E-state index is -1.39. The van der Waals surface area contributed by atoms with E-state index >= 15 is 0 Å². The van der Waals surface area contributed by atoms with Crippen molar-refractivity contribution in [2.24, 2.45) is 0 Å². The van der Waals surface area contributed by atoms with E-state index in [1.165, 1.54) is 13.2 Å². The third-order valence-electron chi connectivity index (χ3n) is 8.64. The fourth-order valence-electron chi connectivity index (χ4n) is 6.54. The van der Waals surface area contributed by atoms with E-state index in [4.69, 9.17) is 9.47 Å². The molecule has 2 aromatic rings. The Balaban J connectivity index is 1.31. The zero-order chi connectivity index (χ0) is 30.7. The van der Waals surface area contributed by atoms with Crippen molar-refractivity contribution in [1.82, 2.24) is 20.4 Å². The molecule has 3 N–H and O–H groups in total. The van der Waals surface area contributed by atoms with Crippen molar-refractivity contribution < 1.29 is 37.7 Å². The first-order valence-corrected chi connectivity index (χ1v) is 14.4. The second-order valence-electron chi connectivity index (χ2n) is 11.2. The van der Waals surface area contributed by atoms with E-state index in [9.17, 15) is 28.3 Å². The molecule has 1 unspecified atom stereocenters. The van der Waals surface area contributed by atoms with Crippen molar-refractivity contribution in [3.05, 3.63) is 76.5 Å². The lowest BCUT2D eigenvalue weighted by Crippen LogP contribution is -2.56. The van der Waals surface area contributed by atoms with Crippen LogP contribution in [0.5, 0.6) is 5.75 Å². The topological polar surface area (TPSA) is 120 Å². The molecule has 0 bridgehead atoms. The molecule has 230 valence electrons. The highest BCUT2D eigenvalue weighted by Gasteiger charge is 2.44. The van der Waals surface area contributed by atoms with E-state index < -0.39 is 35.7 Å². The van der Waals surface area contributed by atoms with Gasteiger partial charge in [-0.3, -0.25) is 4.90 Å². The van der Waals surface area contributed by atoms with Crippen molar-refractivity contribution in [3.8, 4) is 5.75 Å². The van der Waals surface area contributed by atoms with Crippen LogP contribution in [0.2, 0.25) is 0 Å². The monoisotopic (exact) mass is 598 g/mol. The molecule has 1 saturated heterocycles. The van der Waals surface area contributed by atoms with Crippen molar-refractivity contribution in [2.45, 2.75) is 56.1 Å². The Morgan fingerprint density at radius 2 is 1.79 bits per heavy atom. The molecule has 0 aromatic heterocycles. The summed E-state index contributed by atoms with van der Waals surface area (Å²) < 4.78 is 38.2. The summed E-state index contributed by atoms with van der Waals surface area (Å²) in [7, 11) is 2.51. The van der Waals surface area contributed by atoms with Gasteiger partial charge in [-0.1, -0.05) is 24.3 Å². The summed E-state index contributed by atoms with van der Waals surface area (Å²) in [5, 5.41) is 15.7. The molecule has 2 atom stereocenters. The minimum Gasteiger partial charge on any atom is -0.508 e. The molecule has 4 amide bonds. The SMILES string of the molecule is COCC1=C(C(=O)OC)[C@H](c2ccc(F)c(F)c2)N(C(=O)NC2CCN(C3CCC(c4ccccc4O)CC3)C2)C(=O)N1. The number of nitrogens with one attached hydrogen (secondary N) is 2. The number of nitrogens with zero attached hydrogens (tertiary/aromatic N) is 2. The number of methoxy groups -OCH3 is 2. The molecule has 1 aliphatic carbocycles. The number of esters is 1. The van der Waals surface area contributed by atoms with Crippen LogP contribution in [0.4, 0.5) is 18.4 Å². The second kappa shape index (κ2) is 13.1. The highest BCUT2D eigenvalue weighted by Crippen LogP contribution is 2.39. The van der Waals surface area contributed by atoms with Crippen LogP contribution in [0.25, 0.3) is 0 Å². The lowest BCUT2D eigenvalue weighted by atomic mass is 9.81. The zero-order valence-electron chi connectivity index (χ0n) is 24.1. The van der Waals surface area contributed by atoms with Gasteiger partial charge in [-0.05, 0) is 67.3 Å². The second-order valence-corrected chi connectivity index (χ2v) is 11.2. The maximum Gasteiger partial charge on any atom is 0.338 e. The van der Waals surface area contributed by atoms with Crippen LogP contribution in [-0.2, 0) is 14.3 Å². The van der Waals surface area contributed by atoms with Gasteiger partial charge in [-0.25, -0.2) is 28.1 Å². The average molecular weight is 599 g/mol. The Morgan fingerprint density at radius 1 is 1.05 bits per heavy atom.